The van der Waals surface area contributed by atoms with Crippen LogP contribution in [0.25, 0.3) is 0 Å². The van der Waals surface area contributed by atoms with Gasteiger partial charge in [0.15, 0.2) is 0 Å². The zero-order valence-electron chi connectivity index (χ0n) is 18.0. The molecule has 2 N–H and O–H groups in total. The van der Waals surface area contributed by atoms with Crippen LogP contribution in [0.1, 0.15) is 77.6 Å². The summed E-state index contributed by atoms with van der Waals surface area (Å²) < 4.78 is 0. The molecule has 5 nitrogen and oxygen atoms in total. The van der Waals surface area contributed by atoms with Crippen molar-refractivity contribution in [3.63, 3.8) is 0 Å². The van der Waals surface area contributed by atoms with Crippen molar-refractivity contribution in [2.75, 3.05) is 26.7 Å². The first-order valence-electron chi connectivity index (χ1n) is 11.8. The van der Waals surface area contributed by atoms with Crippen LogP contribution >= 0.6 is 0 Å². The highest BCUT2D eigenvalue weighted by Gasteiger charge is 2.29. The van der Waals surface area contributed by atoms with E-state index in [0.717, 1.165) is 51.2 Å². The average Bonchev–Trinajstić information content (AvgIpc) is 3.17. The fourth-order valence-corrected chi connectivity index (χ4v) is 5.47. The van der Waals surface area contributed by atoms with E-state index in [4.69, 9.17) is 0 Å². The first-order chi connectivity index (χ1) is 13.6. The van der Waals surface area contributed by atoms with Crippen LogP contribution in [0.15, 0.2) is 0 Å². The van der Waals surface area contributed by atoms with Crippen molar-refractivity contribution in [2.45, 2.75) is 83.6 Å². The van der Waals surface area contributed by atoms with Gasteiger partial charge in [-0.2, -0.15) is 0 Å². The van der Waals surface area contributed by atoms with Gasteiger partial charge in [-0.25, -0.2) is 0 Å². The van der Waals surface area contributed by atoms with Gasteiger partial charge in [-0.15, -0.1) is 0 Å². The molecule has 1 atom stereocenters. The molecule has 0 spiro atoms. The Bertz CT molecular complexity index is 508. The number of nitrogens with zero attached hydrogens (tertiary/aromatic N) is 1. The number of likely N-dealkylation sites (N-methyl/N-ethyl adjacent to an activating group) is 1. The lowest BCUT2D eigenvalue weighted by Gasteiger charge is -2.31. The summed E-state index contributed by atoms with van der Waals surface area (Å²) in [6, 6.07) is 0.0824. The van der Waals surface area contributed by atoms with Crippen molar-refractivity contribution in [1.29, 1.82) is 0 Å². The molecule has 1 heterocycles. The predicted octanol–water partition coefficient (Wildman–Crippen LogP) is 3.34. The van der Waals surface area contributed by atoms with Crippen molar-refractivity contribution < 1.29 is 9.59 Å². The first kappa shape index (κ1) is 21.6. The van der Waals surface area contributed by atoms with Gasteiger partial charge in [0, 0.05) is 19.0 Å². The van der Waals surface area contributed by atoms with Crippen LogP contribution < -0.4 is 10.6 Å². The number of rotatable bonds is 7. The fourth-order valence-electron chi connectivity index (χ4n) is 5.47. The maximum atomic E-state index is 12.5. The second-order valence-electron chi connectivity index (χ2n) is 9.64. The molecule has 160 valence electrons. The lowest BCUT2D eigenvalue weighted by molar-refractivity contribution is -0.127. The SMILES string of the molecule is CCC1CCC(C(=O)NCC2CCC(CNC(=O)[C@H]3CCCN3C)CC2)CC1. The quantitative estimate of drug-likeness (QED) is 0.700. The highest BCUT2D eigenvalue weighted by atomic mass is 16.2. The lowest BCUT2D eigenvalue weighted by atomic mass is 9.80. The van der Waals surface area contributed by atoms with Gasteiger partial charge in [-0.3, -0.25) is 14.5 Å². The summed E-state index contributed by atoms with van der Waals surface area (Å²) in [4.78, 5) is 27.0. The third-order valence-electron chi connectivity index (χ3n) is 7.71. The van der Waals surface area contributed by atoms with Gasteiger partial charge in [0.1, 0.15) is 0 Å². The molecule has 0 bridgehead atoms. The molecule has 0 aromatic carbocycles. The monoisotopic (exact) mass is 391 g/mol. The van der Waals surface area contributed by atoms with Gasteiger partial charge in [0.05, 0.1) is 6.04 Å². The van der Waals surface area contributed by atoms with Crippen LogP contribution in [0.2, 0.25) is 0 Å². The molecule has 1 saturated heterocycles. The summed E-state index contributed by atoms with van der Waals surface area (Å²) in [6.45, 7) is 4.97. The van der Waals surface area contributed by atoms with Crippen LogP contribution in [-0.2, 0) is 9.59 Å². The van der Waals surface area contributed by atoms with E-state index in [9.17, 15) is 9.59 Å². The minimum Gasteiger partial charge on any atom is -0.356 e. The number of hydrogen-bond donors (Lipinski definition) is 2. The highest BCUT2D eigenvalue weighted by Crippen LogP contribution is 2.31. The molecule has 3 fully saturated rings. The average molecular weight is 392 g/mol. The molecule has 0 aromatic rings. The van der Waals surface area contributed by atoms with E-state index in [1.54, 1.807) is 0 Å². The first-order valence-corrected chi connectivity index (χ1v) is 11.8. The Hall–Kier alpha value is -1.10. The van der Waals surface area contributed by atoms with Crippen molar-refractivity contribution in [2.24, 2.45) is 23.7 Å². The number of carbonyl (C=O) groups excluding carboxylic acids is 2. The van der Waals surface area contributed by atoms with E-state index in [1.165, 1.54) is 44.9 Å². The van der Waals surface area contributed by atoms with E-state index >= 15 is 0 Å². The molecule has 5 heteroatoms. The Labute approximate surface area is 171 Å². The van der Waals surface area contributed by atoms with Crippen LogP contribution in [0.5, 0.6) is 0 Å². The molecular formula is C23H41N3O2. The minimum absolute atomic E-state index is 0.0824. The van der Waals surface area contributed by atoms with Gasteiger partial charge >= 0.3 is 0 Å². The zero-order chi connectivity index (χ0) is 19.9. The largest absolute Gasteiger partial charge is 0.356 e. The van der Waals surface area contributed by atoms with Gasteiger partial charge in [0.2, 0.25) is 11.8 Å². The van der Waals surface area contributed by atoms with Gasteiger partial charge in [0.25, 0.3) is 0 Å². The molecular weight excluding hydrogens is 350 g/mol. The molecule has 1 aliphatic heterocycles. The van der Waals surface area contributed by atoms with Gasteiger partial charge < -0.3 is 10.6 Å². The summed E-state index contributed by atoms with van der Waals surface area (Å²) in [5, 5.41) is 6.44. The smallest absolute Gasteiger partial charge is 0.237 e. The van der Waals surface area contributed by atoms with E-state index in [2.05, 4.69) is 22.5 Å². The summed E-state index contributed by atoms with van der Waals surface area (Å²) in [5.41, 5.74) is 0. The Balaban J connectivity index is 1.28. The van der Waals surface area contributed by atoms with Gasteiger partial charge in [-0.1, -0.05) is 13.3 Å². The summed E-state index contributed by atoms with van der Waals surface area (Å²) in [6.07, 6.45) is 12.7. The summed E-state index contributed by atoms with van der Waals surface area (Å²) >= 11 is 0. The fraction of sp³-hybridized carbons (Fsp3) is 0.913. The van der Waals surface area contributed by atoms with E-state index in [-0.39, 0.29) is 17.9 Å². The molecule has 2 saturated carbocycles. The number of hydrogen-bond acceptors (Lipinski definition) is 3. The van der Waals surface area contributed by atoms with Crippen LogP contribution in [0.3, 0.4) is 0 Å². The van der Waals surface area contributed by atoms with Crippen molar-refractivity contribution in [3.8, 4) is 0 Å². The standard InChI is InChI=1S/C23H41N3O2/c1-3-17-10-12-20(13-11-17)22(27)24-15-18-6-8-19(9-7-18)16-25-23(28)21-5-4-14-26(21)2/h17-21H,3-16H2,1-2H3,(H,24,27)(H,25,28)/t17?,18?,19?,20?,21-/m1/s1. The Kier molecular flexibility index (Phi) is 8.19. The maximum absolute atomic E-state index is 12.5. The van der Waals surface area contributed by atoms with Crippen molar-refractivity contribution in [1.82, 2.24) is 15.5 Å². The third-order valence-corrected chi connectivity index (χ3v) is 7.71. The number of nitrogens with one attached hydrogen (secondary N) is 2. The molecule has 0 radical (unpaired) electrons. The zero-order valence-corrected chi connectivity index (χ0v) is 18.0. The Morgan fingerprint density at radius 2 is 1.32 bits per heavy atom. The molecule has 0 unspecified atom stereocenters. The highest BCUT2D eigenvalue weighted by molar-refractivity contribution is 5.82. The Morgan fingerprint density at radius 3 is 1.82 bits per heavy atom. The van der Waals surface area contributed by atoms with Crippen LogP contribution in [0, 0.1) is 23.7 Å². The van der Waals surface area contributed by atoms with Crippen LogP contribution in [-0.4, -0.2) is 49.4 Å². The van der Waals surface area contributed by atoms with E-state index in [1.807, 2.05) is 7.05 Å². The van der Waals surface area contributed by atoms with E-state index < -0.39 is 0 Å². The second-order valence-corrected chi connectivity index (χ2v) is 9.64. The molecule has 3 aliphatic rings. The molecule has 0 aromatic heterocycles. The van der Waals surface area contributed by atoms with Crippen LogP contribution in [0.4, 0.5) is 0 Å². The second kappa shape index (κ2) is 10.6. The van der Waals surface area contributed by atoms with Crippen molar-refractivity contribution >= 4 is 11.8 Å². The third kappa shape index (κ3) is 5.95. The number of likely N-dealkylation sites (tertiary alicyclic amines) is 1. The van der Waals surface area contributed by atoms with E-state index in [0.29, 0.717) is 17.7 Å². The molecule has 28 heavy (non-hydrogen) atoms. The minimum atomic E-state index is 0.0824. The normalized spacial score (nSPS) is 34.1. The van der Waals surface area contributed by atoms with Gasteiger partial charge in [-0.05, 0) is 95.6 Å². The summed E-state index contributed by atoms with van der Waals surface area (Å²) in [7, 11) is 2.05. The summed E-state index contributed by atoms with van der Waals surface area (Å²) in [5.74, 6) is 2.82. The predicted molar refractivity (Wildman–Crippen MR) is 113 cm³/mol. The molecule has 2 aliphatic carbocycles. The lowest BCUT2D eigenvalue weighted by Crippen LogP contribution is -2.43. The number of amides is 2. The number of carbonyl (C=O) groups is 2. The Morgan fingerprint density at radius 1 is 0.786 bits per heavy atom. The maximum Gasteiger partial charge on any atom is 0.237 e. The molecule has 2 amide bonds. The topological polar surface area (TPSA) is 61.4 Å². The van der Waals surface area contributed by atoms with Crippen molar-refractivity contribution in [3.05, 3.63) is 0 Å². The molecule has 3 rings (SSSR count).